The maximum atomic E-state index is 12.8. The number of fused-ring (bicyclic) bond motifs is 1. The Labute approximate surface area is 132 Å². The van der Waals surface area contributed by atoms with Crippen LogP contribution in [0, 0.1) is 0 Å². The summed E-state index contributed by atoms with van der Waals surface area (Å²) in [7, 11) is 1.29. The Morgan fingerprint density at radius 1 is 1.41 bits per heavy atom. The van der Waals surface area contributed by atoms with Gasteiger partial charge in [0.1, 0.15) is 5.69 Å². The Morgan fingerprint density at radius 2 is 2.23 bits per heavy atom. The molecule has 1 aliphatic heterocycles. The van der Waals surface area contributed by atoms with Gasteiger partial charge in [0, 0.05) is 23.2 Å². The van der Waals surface area contributed by atoms with Crippen LogP contribution in [0.1, 0.15) is 44.3 Å². The van der Waals surface area contributed by atoms with E-state index in [9.17, 15) is 9.59 Å². The van der Waals surface area contributed by atoms with Crippen LogP contribution in [0.2, 0.25) is 0 Å². The van der Waals surface area contributed by atoms with Crippen molar-refractivity contribution in [1.29, 1.82) is 0 Å². The number of hydrogen-bond donors (Lipinski definition) is 0. The zero-order chi connectivity index (χ0) is 15.7. The average molecular weight is 316 g/mol. The van der Waals surface area contributed by atoms with Crippen LogP contribution >= 0.6 is 11.3 Å². The van der Waals surface area contributed by atoms with Gasteiger partial charge in [-0.2, -0.15) is 0 Å². The molecule has 0 aromatic carbocycles. The first-order valence-corrected chi connectivity index (χ1v) is 7.91. The molecule has 114 valence electrons. The van der Waals surface area contributed by atoms with Gasteiger partial charge in [-0.15, -0.1) is 11.3 Å². The molecule has 1 unspecified atom stereocenters. The fourth-order valence-corrected chi connectivity index (χ4v) is 3.70. The van der Waals surface area contributed by atoms with E-state index in [0.29, 0.717) is 12.1 Å². The number of rotatable bonds is 2. The highest BCUT2D eigenvalue weighted by Gasteiger charge is 2.29. The van der Waals surface area contributed by atoms with E-state index < -0.39 is 5.97 Å². The van der Waals surface area contributed by atoms with E-state index in [-0.39, 0.29) is 17.6 Å². The minimum atomic E-state index is -0.540. The predicted octanol–water partition coefficient (Wildman–Crippen LogP) is 2.69. The minimum absolute atomic E-state index is 0.0391. The van der Waals surface area contributed by atoms with Gasteiger partial charge < -0.3 is 9.64 Å². The Morgan fingerprint density at radius 3 is 3.00 bits per heavy atom. The van der Waals surface area contributed by atoms with E-state index in [1.807, 2.05) is 11.8 Å². The molecule has 1 atom stereocenters. The van der Waals surface area contributed by atoms with Crippen molar-refractivity contribution in [2.24, 2.45) is 0 Å². The molecule has 6 heteroatoms. The number of thiophene rings is 1. The monoisotopic (exact) mass is 316 g/mol. The lowest BCUT2D eigenvalue weighted by atomic mass is 10.0. The number of carbonyl (C=O) groups excluding carboxylic acids is 2. The second-order valence-electron chi connectivity index (χ2n) is 5.14. The highest BCUT2D eigenvalue weighted by atomic mass is 32.1. The number of methoxy groups -OCH3 is 1. The normalized spacial score (nSPS) is 17.0. The number of amides is 1. The lowest BCUT2D eigenvalue weighted by Gasteiger charge is -2.33. The molecule has 3 heterocycles. The van der Waals surface area contributed by atoms with E-state index >= 15 is 0 Å². The molecule has 0 spiro atoms. The van der Waals surface area contributed by atoms with E-state index in [0.717, 1.165) is 6.42 Å². The fourth-order valence-electron chi connectivity index (χ4n) is 2.73. The highest BCUT2D eigenvalue weighted by Crippen LogP contribution is 2.33. The molecule has 0 radical (unpaired) electrons. The van der Waals surface area contributed by atoms with Gasteiger partial charge in [-0.05, 0) is 42.5 Å². The van der Waals surface area contributed by atoms with Crippen LogP contribution in [0.25, 0.3) is 0 Å². The quantitative estimate of drug-likeness (QED) is 0.799. The lowest BCUT2D eigenvalue weighted by molar-refractivity contribution is 0.0594. The summed E-state index contributed by atoms with van der Waals surface area (Å²) in [4.78, 5) is 31.4. The van der Waals surface area contributed by atoms with Crippen molar-refractivity contribution >= 4 is 23.2 Å². The smallest absolute Gasteiger partial charge is 0.356 e. The largest absolute Gasteiger partial charge is 0.464 e. The molecule has 5 nitrogen and oxygen atoms in total. The van der Waals surface area contributed by atoms with Crippen molar-refractivity contribution < 1.29 is 14.3 Å². The van der Waals surface area contributed by atoms with Crippen LogP contribution in [0.15, 0.2) is 29.8 Å². The second kappa shape index (κ2) is 5.88. The van der Waals surface area contributed by atoms with Gasteiger partial charge in [0.25, 0.3) is 5.91 Å². The molecular weight excluding hydrogens is 300 g/mol. The molecule has 0 saturated carbocycles. The van der Waals surface area contributed by atoms with Crippen molar-refractivity contribution in [2.75, 3.05) is 13.7 Å². The molecule has 0 saturated heterocycles. The number of ether oxygens (including phenoxy) is 1. The summed E-state index contributed by atoms with van der Waals surface area (Å²) in [6.07, 6.45) is 2.34. The number of hydrogen-bond acceptors (Lipinski definition) is 5. The molecule has 0 aliphatic carbocycles. The molecule has 1 amide bonds. The molecule has 22 heavy (non-hydrogen) atoms. The van der Waals surface area contributed by atoms with Crippen molar-refractivity contribution in [1.82, 2.24) is 9.88 Å². The first-order valence-electron chi connectivity index (χ1n) is 7.03. The summed E-state index contributed by atoms with van der Waals surface area (Å²) in [5.41, 5.74) is 1.82. The predicted molar refractivity (Wildman–Crippen MR) is 83.1 cm³/mol. The molecule has 0 bridgehead atoms. The van der Waals surface area contributed by atoms with E-state index in [2.05, 4.69) is 21.2 Å². The van der Waals surface area contributed by atoms with Crippen LogP contribution < -0.4 is 0 Å². The zero-order valence-corrected chi connectivity index (χ0v) is 13.2. The standard InChI is InChI=1S/C16H16N2O3S/c1-10-12-5-8-22-14(12)4-7-18(10)15(19)11-3-6-17-13(9-11)16(20)21-2/h3,5-6,8-10H,4,7H2,1-2H3. The van der Waals surface area contributed by atoms with Crippen LogP contribution in [-0.4, -0.2) is 35.4 Å². The van der Waals surface area contributed by atoms with Crippen molar-refractivity contribution in [3.8, 4) is 0 Å². The maximum absolute atomic E-state index is 12.8. The SMILES string of the molecule is COC(=O)c1cc(C(=O)N2CCc3sccc3C2C)ccn1. The minimum Gasteiger partial charge on any atom is -0.464 e. The molecule has 3 rings (SSSR count). The number of pyridine rings is 1. The summed E-state index contributed by atoms with van der Waals surface area (Å²) in [6.45, 7) is 2.72. The topological polar surface area (TPSA) is 59.5 Å². The Kier molecular flexibility index (Phi) is 3.94. The number of carbonyl (C=O) groups is 2. The fraction of sp³-hybridized carbons (Fsp3) is 0.312. The lowest BCUT2D eigenvalue weighted by Crippen LogP contribution is -2.38. The maximum Gasteiger partial charge on any atom is 0.356 e. The van der Waals surface area contributed by atoms with Crippen molar-refractivity contribution in [3.63, 3.8) is 0 Å². The molecule has 0 fully saturated rings. The summed E-state index contributed by atoms with van der Waals surface area (Å²) in [6, 6.07) is 5.24. The van der Waals surface area contributed by atoms with Crippen LogP contribution in [-0.2, 0) is 11.2 Å². The van der Waals surface area contributed by atoms with Gasteiger partial charge >= 0.3 is 5.97 Å². The Hall–Kier alpha value is -2.21. The first kappa shape index (κ1) is 14.7. The Balaban J connectivity index is 1.87. The third-order valence-corrected chi connectivity index (χ3v) is 4.94. The molecule has 2 aromatic heterocycles. The summed E-state index contributed by atoms with van der Waals surface area (Å²) in [5, 5.41) is 2.07. The van der Waals surface area contributed by atoms with Crippen LogP contribution in [0.3, 0.4) is 0 Å². The number of aromatic nitrogens is 1. The van der Waals surface area contributed by atoms with E-state index in [1.54, 1.807) is 17.4 Å². The molecule has 1 aliphatic rings. The Bertz CT molecular complexity index is 726. The summed E-state index contributed by atoms with van der Waals surface area (Å²) < 4.78 is 4.65. The molecular formula is C16H16N2O3S. The van der Waals surface area contributed by atoms with E-state index in [4.69, 9.17) is 0 Å². The van der Waals surface area contributed by atoms with Crippen molar-refractivity contribution in [2.45, 2.75) is 19.4 Å². The van der Waals surface area contributed by atoms with Gasteiger partial charge in [-0.25, -0.2) is 9.78 Å². The van der Waals surface area contributed by atoms with Crippen molar-refractivity contribution in [3.05, 3.63) is 51.5 Å². The molecule has 0 N–H and O–H groups in total. The zero-order valence-electron chi connectivity index (χ0n) is 12.4. The first-order chi connectivity index (χ1) is 10.6. The number of nitrogens with zero attached hydrogens (tertiary/aromatic N) is 2. The second-order valence-corrected chi connectivity index (χ2v) is 6.15. The van der Waals surface area contributed by atoms with Gasteiger partial charge in [0.15, 0.2) is 0 Å². The van der Waals surface area contributed by atoms with Gasteiger partial charge in [0.2, 0.25) is 0 Å². The van der Waals surface area contributed by atoms with Gasteiger partial charge in [-0.3, -0.25) is 4.79 Å². The third-order valence-electron chi connectivity index (χ3n) is 3.94. The third kappa shape index (κ3) is 2.50. The average Bonchev–Trinajstić information content (AvgIpc) is 3.03. The van der Waals surface area contributed by atoms with Crippen LogP contribution in [0.4, 0.5) is 0 Å². The van der Waals surface area contributed by atoms with Crippen LogP contribution in [0.5, 0.6) is 0 Å². The molecule has 2 aromatic rings. The summed E-state index contributed by atoms with van der Waals surface area (Å²) in [5.74, 6) is -0.627. The van der Waals surface area contributed by atoms with Gasteiger partial charge in [0.05, 0.1) is 13.2 Å². The van der Waals surface area contributed by atoms with Gasteiger partial charge in [-0.1, -0.05) is 0 Å². The highest BCUT2D eigenvalue weighted by molar-refractivity contribution is 7.10. The summed E-state index contributed by atoms with van der Waals surface area (Å²) >= 11 is 1.74. The number of esters is 1. The van der Waals surface area contributed by atoms with E-state index in [1.165, 1.54) is 29.8 Å².